The van der Waals surface area contributed by atoms with E-state index in [1.807, 2.05) is 18.2 Å². The van der Waals surface area contributed by atoms with E-state index in [-0.39, 0.29) is 5.78 Å². The Morgan fingerprint density at radius 3 is 1.27 bits per heavy atom. The lowest BCUT2D eigenvalue weighted by Crippen LogP contribution is -2.31. The van der Waals surface area contributed by atoms with Crippen molar-refractivity contribution in [1.29, 1.82) is 0 Å². The molecule has 5 aromatic carbocycles. The van der Waals surface area contributed by atoms with Gasteiger partial charge in [-0.05, 0) is 56.4 Å². The van der Waals surface area contributed by atoms with Crippen LogP contribution in [0.3, 0.4) is 0 Å². The minimum atomic E-state index is -2.45. The molecule has 0 N–H and O–H groups in total. The first-order valence-electron chi connectivity index (χ1n) is 13.6. The van der Waals surface area contributed by atoms with Crippen LogP contribution in [0.1, 0.15) is 22.3 Å². The number of benzene rings is 5. The fourth-order valence-electron chi connectivity index (χ4n) is 6.13. The fraction of sp³-hybridized carbons (Fsp3) is 0. The second-order valence-electron chi connectivity index (χ2n) is 10.0. The van der Waals surface area contributed by atoms with Crippen molar-refractivity contribution >= 4 is 57.2 Å². The largest absolute Gasteiger partial charge is 0.289 e. The quantitative estimate of drug-likeness (QED) is 0.176. The fourth-order valence-corrected chi connectivity index (χ4v) is 10.6. The van der Waals surface area contributed by atoms with E-state index < -0.39 is 6.89 Å². The van der Waals surface area contributed by atoms with Crippen LogP contribution in [-0.4, -0.2) is 11.1 Å². The van der Waals surface area contributed by atoms with Gasteiger partial charge in [-0.3, -0.25) is 4.79 Å². The summed E-state index contributed by atoms with van der Waals surface area (Å²) in [5.74, 6) is 0.0450. The number of carbonyl (C=O) groups excluding carboxylic acids is 1. The van der Waals surface area contributed by atoms with E-state index in [9.17, 15) is 4.79 Å². The first-order valence-corrected chi connectivity index (χ1v) is 15.3. The van der Waals surface area contributed by atoms with Crippen molar-refractivity contribution in [2.24, 2.45) is 0 Å². The summed E-state index contributed by atoms with van der Waals surface area (Å²) in [6, 6.07) is 49.3. The molecule has 0 aromatic heterocycles. The van der Waals surface area contributed by atoms with Crippen LogP contribution in [0.5, 0.6) is 0 Å². The van der Waals surface area contributed by atoms with Crippen LogP contribution in [-0.2, 0) is 4.79 Å². The maximum Gasteiger partial charge on any atom is 0.187 e. The van der Waals surface area contributed by atoms with Crippen LogP contribution in [0, 0.1) is 0 Å². The zero-order chi connectivity index (χ0) is 26.9. The van der Waals surface area contributed by atoms with Gasteiger partial charge in [-0.2, -0.15) is 0 Å². The molecule has 0 spiro atoms. The predicted octanol–water partition coefficient (Wildman–Crippen LogP) is 7.39. The van der Waals surface area contributed by atoms with E-state index in [1.165, 1.54) is 21.2 Å². The smallest absolute Gasteiger partial charge is 0.187 e. The molecular formula is C38H27OP. The Bertz CT molecular complexity index is 1790. The SMILES string of the molecule is O=C1C=Cc2ccccc2C1=C1C(=P(c2ccccc2)(c2ccccc2)c2ccccc2)C=Cc2ccccc21. The summed E-state index contributed by atoms with van der Waals surface area (Å²) in [6.07, 6.45) is 8.20. The van der Waals surface area contributed by atoms with Gasteiger partial charge < -0.3 is 0 Å². The number of rotatable bonds is 3. The molecular weight excluding hydrogens is 503 g/mol. The minimum absolute atomic E-state index is 0.0450. The van der Waals surface area contributed by atoms with Gasteiger partial charge in [0.25, 0.3) is 0 Å². The Balaban J connectivity index is 1.77. The number of carbonyl (C=O) groups is 1. The first kappa shape index (κ1) is 24.3. The van der Waals surface area contributed by atoms with E-state index in [0.717, 1.165) is 33.4 Å². The number of fused-ring (bicyclic) bond motifs is 2. The van der Waals surface area contributed by atoms with Gasteiger partial charge in [-0.1, -0.05) is 158 Å². The normalized spacial score (nSPS) is 16.0. The average Bonchev–Trinajstić information content (AvgIpc) is 3.03. The van der Waals surface area contributed by atoms with Gasteiger partial charge in [0.15, 0.2) is 5.78 Å². The summed E-state index contributed by atoms with van der Waals surface area (Å²) >= 11 is 0. The van der Waals surface area contributed by atoms with Crippen molar-refractivity contribution in [2.45, 2.75) is 0 Å². The lowest BCUT2D eigenvalue weighted by Gasteiger charge is -2.35. The van der Waals surface area contributed by atoms with Gasteiger partial charge in [-0.15, -0.1) is 0 Å². The first-order chi connectivity index (χ1) is 19.8. The van der Waals surface area contributed by atoms with Gasteiger partial charge in [0.05, 0.1) is 0 Å². The molecule has 0 unspecified atom stereocenters. The standard InChI is InChI=1S/C38H27OP/c39-35-26-24-28-14-10-12-22-33(28)37(35)38-34-23-13-11-15-29(34)25-27-36(38)40(30-16-4-1-5-17-30,31-18-6-2-7-19-31)32-20-8-3-9-21-32/h1-27H. The van der Waals surface area contributed by atoms with E-state index in [4.69, 9.17) is 0 Å². The minimum Gasteiger partial charge on any atom is -0.289 e. The highest BCUT2D eigenvalue weighted by molar-refractivity contribution is 7.96. The molecule has 2 heteroatoms. The summed E-state index contributed by atoms with van der Waals surface area (Å²) in [4.78, 5) is 14.0. The molecule has 0 bridgehead atoms. The van der Waals surface area contributed by atoms with Crippen molar-refractivity contribution < 1.29 is 4.79 Å². The third-order valence-electron chi connectivity index (χ3n) is 7.84. The lowest BCUT2D eigenvalue weighted by atomic mass is 9.81. The van der Waals surface area contributed by atoms with E-state index in [0.29, 0.717) is 0 Å². The van der Waals surface area contributed by atoms with Crippen LogP contribution < -0.4 is 15.9 Å². The second kappa shape index (κ2) is 10.1. The number of hydrogen-bond acceptors (Lipinski definition) is 1. The predicted molar refractivity (Wildman–Crippen MR) is 173 cm³/mol. The van der Waals surface area contributed by atoms with E-state index >= 15 is 0 Å². The molecule has 5 aromatic rings. The highest BCUT2D eigenvalue weighted by Crippen LogP contribution is 2.52. The van der Waals surface area contributed by atoms with Gasteiger partial charge in [0, 0.05) is 11.1 Å². The number of ketones is 1. The molecule has 0 saturated carbocycles. The molecule has 0 heterocycles. The molecule has 0 amide bonds. The second-order valence-corrected chi connectivity index (χ2v) is 13.4. The van der Waals surface area contributed by atoms with Crippen LogP contribution in [0.15, 0.2) is 152 Å². The highest BCUT2D eigenvalue weighted by atomic mass is 31.2. The maximum absolute atomic E-state index is 14.0. The molecule has 0 fully saturated rings. The molecule has 7 rings (SSSR count). The molecule has 40 heavy (non-hydrogen) atoms. The Labute approximate surface area is 235 Å². The molecule has 2 aliphatic carbocycles. The summed E-state index contributed by atoms with van der Waals surface area (Å²) in [5.41, 5.74) is 6.09. The summed E-state index contributed by atoms with van der Waals surface area (Å²) in [6.45, 7) is -2.45. The van der Waals surface area contributed by atoms with Crippen molar-refractivity contribution in [3.63, 3.8) is 0 Å². The zero-order valence-electron chi connectivity index (χ0n) is 21.9. The molecule has 1 nitrogen and oxygen atoms in total. The average molecular weight is 531 g/mol. The zero-order valence-corrected chi connectivity index (χ0v) is 22.8. The van der Waals surface area contributed by atoms with Gasteiger partial charge in [0.2, 0.25) is 0 Å². The van der Waals surface area contributed by atoms with Crippen molar-refractivity contribution in [3.8, 4) is 0 Å². The molecule has 190 valence electrons. The Morgan fingerprint density at radius 1 is 0.375 bits per heavy atom. The highest BCUT2D eigenvalue weighted by Gasteiger charge is 2.35. The van der Waals surface area contributed by atoms with Crippen molar-refractivity contribution in [1.82, 2.24) is 0 Å². The Kier molecular flexibility index (Phi) is 6.16. The monoisotopic (exact) mass is 530 g/mol. The topological polar surface area (TPSA) is 17.1 Å². The van der Waals surface area contributed by atoms with Crippen molar-refractivity contribution in [2.75, 3.05) is 0 Å². The van der Waals surface area contributed by atoms with E-state index in [1.54, 1.807) is 6.08 Å². The van der Waals surface area contributed by atoms with E-state index in [2.05, 4.69) is 140 Å². The Morgan fingerprint density at radius 2 is 0.775 bits per heavy atom. The molecule has 0 atom stereocenters. The summed E-state index contributed by atoms with van der Waals surface area (Å²) < 4.78 is 0. The number of hydrogen-bond donors (Lipinski definition) is 0. The van der Waals surface area contributed by atoms with Crippen LogP contribution >= 0.6 is 6.89 Å². The molecule has 2 aliphatic rings. The van der Waals surface area contributed by atoms with Gasteiger partial charge >= 0.3 is 0 Å². The van der Waals surface area contributed by atoms with Crippen LogP contribution in [0.4, 0.5) is 0 Å². The van der Waals surface area contributed by atoms with Gasteiger partial charge in [0.1, 0.15) is 0 Å². The molecule has 0 saturated heterocycles. The number of allylic oxidation sites excluding steroid dienone is 4. The third kappa shape index (κ3) is 3.82. The lowest BCUT2D eigenvalue weighted by molar-refractivity contribution is -0.109. The third-order valence-corrected chi connectivity index (χ3v) is 12.2. The summed E-state index contributed by atoms with van der Waals surface area (Å²) in [7, 11) is 0. The van der Waals surface area contributed by atoms with Gasteiger partial charge in [-0.25, -0.2) is 0 Å². The van der Waals surface area contributed by atoms with Crippen LogP contribution in [0.2, 0.25) is 0 Å². The molecule has 0 radical (unpaired) electrons. The van der Waals surface area contributed by atoms with Crippen LogP contribution in [0.25, 0.3) is 23.3 Å². The van der Waals surface area contributed by atoms with Crippen molar-refractivity contribution in [3.05, 3.63) is 174 Å². The summed E-state index contributed by atoms with van der Waals surface area (Å²) in [5, 5.41) is 4.98. The molecule has 0 aliphatic heterocycles. The Hall–Kier alpha value is -4.71. The maximum atomic E-state index is 14.0.